The molecule has 0 saturated heterocycles. The molecule has 1 aromatic heterocycles. The van der Waals surface area contributed by atoms with E-state index in [2.05, 4.69) is 4.98 Å². The number of hydrogen-bond acceptors (Lipinski definition) is 2. The van der Waals surface area contributed by atoms with E-state index in [4.69, 9.17) is 5.73 Å². The van der Waals surface area contributed by atoms with Crippen LogP contribution >= 0.6 is 0 Å². The van der Waals surface area contributed by atoms with Crippen LogP contribution in [-0.2, 0) is 25.6 Å². The van der Waals surface area contributed by atoms with Crippen molar-refractivity contribution in [1.29, 1.82) is 0 Å². The van der Waals surface area contributed by atoms with E-state index in [9.17, 15) is 13.2 Å². The molecule has 0 aliphatic carbocycles. The quantitative estimate of drug-likeness (QED) is 0.926. The zero-order chi connectivity index (χ0) is 15.0. The van der Waals surface area contributed by atoms with Gasteiger partial charge in [-0.1, -0.05) is 18.2 Å². The number of aryl methyl sites for hydroxylation is 1. The van der Waals surface area contributed by atoms with Gasteiger partial charge in [0.05, 0.1) is 5.56 Å². The number of alkyl halides is 3. The van der Waals surface area contributed by atoms with Crippen molar-refractivity contribution < 1.29 is 13.2 Å². The third kappa shape index (κ3) is 2.95. The van der Waals surface area contributed by atoms with Gasteiger partial charge in [0.1, 0.15) is 5.82 Å². The molecule has 0 spiro atoms. The summed E-state index contributed by atoms with van der Waals surface area (Å²) < 4.78 is 40.2. The van der Waals surface area contributed by atoms with E-state index in [0.29, 0.717) is 18.5 Å². The molecule has 1 atom stereocenters. The number of hydrogen-bond donors (Lipinski definition) is 1. The van der Waals surface area contributed by atoms with Crippen LogP contribution in [0.5, 0.6) is 0 Å². The molecule has 0 radical (unpaired) electrons. The van der Waals surface area contributed by atoms with E-state index in [1.165, 1.54) is 12.1 Å². The summed E-state index contributed by atoms with van der Waals surface area (Å²) in [5, 5.41) is 0. The summed E-state index contributed by atoms with van der Waals surface area (Å²) in [5.41, 5.74) is 7.05. The molecule has 6 heteroatoms. The van der Waals surface area contributed by atoms with Gasteiger partial charge in [0, 0.05) is 30.9 Å². The smallest absolute Gasteiger partial charge is 0.330 e. The van der Waals surface area contributed by atoms with Gasteiger partial charge >= 0.3 is 6.18 Å². The first-order valence-electron chi connectivity index (χ1n) is 6.88. The molecule has 112 valence electrons. The Morgan fingerprint density at radius 1 is 1.33 bits per heavy atom. The summed E-state index contributed by atoms with van der Waals surface area (Å²) in [4.78, 5) is 4.35. The Hall–Kier alpha value is -1.82. The highest BCUT2D eigenvalue weighted by Crippen LogP contribution is 2.30. The molecule has 0 bridgehead atoms. The molecule has 1 aliphatic rings. The van der Waals surface area contributed by atoms with Gasteiger partial charge in [-0.05, 0) is 24.5 Å². The lowest BCUT2D eigenvalue weighted by atomic mass is 10.1. The van der Waals surface area contributed by atoms with Crippen molar-refractivity contribution in [2.24, 2.45) is 5.73 Å². The Bertz CT molecular complexity index is 646. The molecule has 0 fully saturated rings. The lowest BCUT2D eigenvalue weighted by Gasteiger charge is -2.22. The van der Waals surface area contributed by atoms with E-state index >= 15 is 0 Å². The molecule has 3 rings (SSSR count). The van der Waals surface area contributed by atoms with Crippen LogP contribution in [0.15, 0.2) is 30.5 Å². The Balaban J connectivity index is 1.86. The van der Waals surface area contributed by atoms with Gasteiger partial charge in [0.2, 0.25) is 0 Å². The van der Waals surface area contributed by atoms with Gasteiger partial charge in [-0.25, -0.2) is 4.98 Å². The van der Waals surface area contributed by atoms with E-state index in [1.807, 2.05) is 4.57 Å². The maximum atomic E-state index is 12.7. The molecule has 2 N–H and O–H groups in total. The lowest BCUT2D eigenvalue weighted by molar-refractivity contribution is -0.137. The normalized spacial score (nSPS) is 18.6. The number of aromatic nitrogens is 2. The lowest BCUT2D eigenvalue weighted by Crippen LogP contribution is -2.32. The number of nitrogens with zero attached hydrogens (tertiary/aromatic N) is 2. The van der Waals surface area contributed by atoms with Crippen molar-refractivity contribution in [3.05, 3.63) is 53.1 Å². The van der Waals surface area contributed by atoms with Crippen LogP contribution in [0.4, 0.5) is 13.2 Å². The van der Waals surface area contributed by atoms with Crippen LogP contribution in [0.25, 0.3) is 0 Å². The summed E-state index contributed by atoms with van der Waals surface area (Å²) >= 11 is 0. The van der Waals surface area contributed by atoms with E-state index in [0.717, 1.165) is 30.4 Å². The number of nitrogens with two attached hydrogens (primary N) is 1. The molecule has 3 nitrogen and oxygen atoms in total. The fourth-order valence-electron chi connectivity index (χ4n) is 2.72. The van der Waals surface area contributed by atoms with Crippen LogP contribution in [0, 0.1) is 0 Å². The number of rotatable bonds is 2. The van der Waals surface area contributed by atoms with Crippen molar-refractivity contribution in [3.63, 3.8) is 0 Å². The highest BCUT2D eigenvalue weighted by atomic mass is 19.4. The molecular weight excluding hydrogens is 279 g/mol. The molecule has 0 amide bonds. The van der Waals surface area contributed by atoms with Crippen LogP contribution in [0.2, 0.25) is 0 Å². The standard InChI is InChI=1S/C15H16F3N3/c16-15(17,18)11-3-1-2-10(6-11)7-14-20-8-13-5-4-12(19)9-21(13)14/h1-3,6,8,12H,4-5,7,9,19H2. The first-order valence-corrected chi connectivity index (χ1v) is 6.88. The minimum Gasteiger partial charge on any atom is -0.330 e. The summed E-state index contributed by atoms with van der Waals surface area (Å²) in [6.07, 6.45) is -0.332. The van der Waals surface area contributed by atoms with Crippen LogP contribution in [-0.4, -0.2) is 15.6 Å². The van der Waals surface area contributed by atoms with Gasteiger partial charge in [-0.3, -0.25) is 0 Å². The SMILES string of the molecule is NC1CCc2cnc(Cc3cccc(C(F)(F)F)c3)n2C1. The van der Waals surface area contributed by atoms with Gasteiger partial charge in [0.25, 0.3) is 0 Å². The van der Waals surface area contributed by atoms with Crippen LogP contribution in [0.3, 0.4) is 0 Å². The molecule has 1 aromatic carbocycles. The fraction of sp³-hybridized carbons (Fsp3) is 0.400. The molecule has 21 heavy (non-hydrogen) atoms. The Kier molecular flexibility index (Phi) is 3.49. The second kappa shape index (κ2) is 5.18. The van der Waals surface area contributed by atoms with Crippen LogP contribution < -0.4 is 5.73 Å². The number of fused-ring (bicyclic) bond motifs is 1. The average molecular weight is 295 g/mol. The predicted octanol–water partition coefficient (Wildman–Crippen LogP) is 2.77. The molecule has 0 saturated carbocycles. The minimum absolute atomic E-state index is 0.0898. The van der Waals surface area contributed by atoms with Crippen molar-refractivity contribution in [2.45, 2.75) is 38.0 Å². The van der Waals surface area contributed by atoms with E-state index in [-0.39, 0.29) is 6.04 Å². The second-order valence-electron chi connectivity index (χ2n) is 5.45. The predicted molar refractivity (Wildman–Crippen MR) is 72.8 cm³/mol. The van der Waals surface area contributed by atoms with E-state index < -0.39 is 11.7 Å². The second-order valence-corrected chi connectivity index (χ2v) is 5.45. The van der Waals surface area contributed by atoms with Crippen molar-refractivity contribution in [1.82, 2.24) is 9.55 Å². The summed E-state index contributed by atoms with van der Waals surface area (Å²) in [7, 11) is 0. The largest absolute Gasteiger partial charge is 0.416 e. The maximum absolute atomic E-state index is 12.7. The van der Waals surface area contributed by atoms with Crippen molar-refractivity contribution in [3.8, 4) is 0 Å². The van der Waals surface area contributed by atoms with Crippen LogP contribution in [0.1, 0.15) is 29.1 Å². The Morgan fingerprint density at radius 2 is 2.14 bits per heavy atom. The number of halogens is 3. The summed E-state index contributed by atoms with van der Waals surface area (Å²) in [6, 6.07) is 5.49. The molecule has 1 aliphatic heterocycles. The molecule has 1 unspecified atom stereocenters. The van der Waals surface area contributed by atoms with Gasteiger partial charge in [0.15, 0.2) is 0 Å². The zero-order valence-corrected chi connectivity index (χ0v) is 11.4. The third-order valence-corrected chi connectivity index (χ3v) is 3.83. The van der Waals surface area contributed by atoms with Crippen molar-refractivity contribution >= 4 is 0 Å². The highest BCUT2D eigenvalue weighted by Gasteiger charge is 2.30. The number of benzene rings is 1. The molecule has 2 aromatic rings. The molecule has 2 heterocycles. The van der Waals surface area contributed by atoms with Gasteiger partial charge in [-0.15, -0.1) is 0 Å². The monoisotopic (exact) mass is 295 g/mol. The van der Waals surface area contributed by atoms with Gasteiger partial charge < -0.3 is 10.3 Å². The number of imidazole rings is 1. The highest BCUT2D eigenvalue weighted by molar-refractivity contribution is 5.28. The van der Waals surface area contributed by atoms with Gasteiger partial charge in [-0.2, -0.15) is 13.2 Å². The Morgan fingerprint density at radius 3 is 2.90 bits per heavy atom. The maximum Gasteiger partial charge on any atom is 0.416 e. The zero-order valence-electron chi connectivity index (χ0n) is 11.4. The fourth-order valence-corrected chi connectivity index (χ4v) is 2.72. The topological polar surface area (TPSA) is 43.8 Å². The first-order chi connectivity index (χ1) is 9.93. The summed E-state index contributed by atoms with van der Waals surface area (Å²) in [6.45, 7) is 0.684. The first kappa shape index (κ1) is 14.1. The van der Waals surface area contributed by atoms with Crippen molar-refractivity contribution in [2.75, 3.05) is 0 Å². The average Bonchev–Trinajstić information content (AvgIpc) is 2.81. The summed E-state index contributed by atoms with van der Waals surface area (Å²) in [5.74, 6) is 0.777. The third-order valence-electron chi connectivity index (χ3n) is 3.83. The Labute approximate surface area is 120 Å². The minimum atomic E-state index is -4.32. The molecular formula is C15H16F3N3. The van der Waals surface area contributed by atoms with E-state index in [1.54, 1.807) is 12.3 Å².